The van der Waals surface area contributed by atoms with E-state index >= 15 is 0 Å². The number of nitrogens with one attached hydrogen (secondary N) is 1. The molecular formula is C21H19ClFN3O4S. The molecule has 31 heavy (non-hydrogen) atoms. The third kappa shape index (κ3) is 4.63. The average molecular weight is 464 g/mol. The van der Waals surface area contributed by atoms with Crippen molar-refractivity contribution < 1.29 is 22.1 Å². The van der Waals surface area contributed by atoms with Gasteiger partial charge >= 0.3 is 0 Å². The number of rotatable bonds is 5. The van der Waals surface area contributed by atoms with Gasteiger partial charge in [-0.1, -0.05) is 35.3 Å². The Labute approximate surface area is 183 Å². The Morgan fingerprint density at radius 3 is 2.61 bits per heavy atom. The molecule has 162 valence electrons. The van der Waals surface area contributed by atoms with Crippen LogP contribution in [0.3, 0.4) is 0 Å². The minimum atomic E-state index is -3.77. The largest absolute Gasteiger partial charge is 0.350 e. The van der Waals surface area contributed by atoms with Crippen molar-refractivity contribution in [2.24, 2.45) is 0 Å². The summed E-state index contributed by atoms with van der Waals surface area (Å²) >= 11 is 6.16. The Morgan fingerprint density at radius 1 is 1.10 bits per heavy atom. The number of amides is 1. The monoisotopic (exact) mass is 463 g/mol. The number of hydrogen-bond donors (Lipinski definition) is 1. The van der Waals surface area contributed by atoms with Crippen LogP contribution in [0.15, 0.2) is 57.9 Å². The zero-order chi connectivity index (χ0) is 22.0. The number of carbonyl (C=O) groups is 1. The quantitative estimate of drug-likeness (QED) is 0.598. The van der Waals surface area contributed by atoms with E-state index in [9.17, 15) is 17.6 Å². The molecule has 0 unspecified atom stereocenters. The molecule has 1 N–H and O–H groups in total. The van der Waals surface area contributed by atoms with Crippen LogP contribution in [0.25, 0.3) is 11.3 Å². The van der Waals surface area contributed by atoms with E-state index in [1.807, 2.05) is 0 Å². The fourth-order valence-corrected chi connectivity index (χ4v) is 5.40. The summed E-state index contributed by atoms with van der Waals surface area (Å²) in [5, 5.41) is 6.47. The summed E-state index contributed by atoms with van der Waals surface area (Å²) in [4.78, 5) is 12.5. The number of hydrogen-bond acceptors (Lipinski definition) is 5. The second-order valence-electron chi connectivity index (χ2n) is 7.15. The van der Waals surface area contributed by atoms with Gasteiger partial charge in [-0.05, 0) is 43.2 Å². The van der Waals surface area contributed by atoms with Crippen LogP contribution >= 0.6 is 11.6 Å². The maximum Gasteiger partial charge on any atom is 0.294 e. The molecule has 2 aromatic carbocycles. The molecule has 0 aliphatic carbocycles. The Morgan fingerprint density at radius 2 is 1.87 bits per heavy atom. The summed E-state index contributed by atoms with van der Waals surface area (Å²) < 4.78 is 45.8. The lowest BCUT2D eigenvalue weighted by Crippen LogP contribution is -2.35. The van der Waals surface area contributed by atoms with Crippen LogP contribution in [0.4, 0.5) is 10.1 Å². The lowest BCUT2D eigenvalue weighted by molar-refractivity contribution is 0.0988. The molecule has 1 fully saturated rings. The second kappa shape index (κ2) is 8.78. The van der Waals surface area contributed by atoms with Gasteiger partial charge in [-0.25, -0.2) is 12.8 Å². The molecular weight excluding hydrogens is 445 g/mol. The predicted octanol–water partition coefficient (Wildman–Crippen LogP) is 4.56. The summed E-state index contributed by atoms with van der Waals surface area (Å²) in [5.74, 6) is -1.16. The summed E-state index contributed by atoms with van der Waals surface area (Å²) in [7, 11) is -3.77. The van der Waals surface area contributed by atoms with E-state index in [1.54, 1.807) is 6.07 Å². The van der Waals surface area contributed by atoms with Crippen molar-refractivity contribution in [1.82, 2.24) is 9.46 Å². The summed E-state index contributed by atoms with van der Waals surface area (Å²) in [6.45, 7) is 0.881. The summed E-state index contributed by atoms with van der Waals surface area (Å²) in [6, 6.07) is 11.4. The standard InChI is InChI=1S/C21H19ClFN3O4S/c22-17-8-7-16(12-20(17)31(28,29)26-9-2-1-3-10-26)24-21(27)19-13-18(25-30-19)14-5-4-6-15(23)11-14/h4-8,11-13H,1-3,9-10H2,(H,24,27). The number of piperidine rings is 1. The van der Waals surface area contributed by atoms with Gasteiger partial charge in [0.05, 0.1) is 5.02 Å². The Hall–Kier alpha value is -2.75. The van der Waals surface area contributed by atoms with E-state index < -0.39 is 21.7 Å². The number of nitrogens with zero attached hydrogens (tertiary/aromatic N) is 2. The van der Waals surface area contributed by atoms with Gasteiger partial charge in [0.2, 0.25) is 15.8 Å². The predicted molar refractivity (Wildman–Crippen MR) is 114 cm³/mol. The maximum absolute atomic E-state index is 13.4. The van der Waals surface area contributed by atoms with Crippen molar-refractivity contribution in [3.05, 3.63) is 65.1 Å². The van der Waals surface area contributed by atoms with Crippen LogP contribution in [0.5, 0.6) is 0 Å². The van der Waals surface area contributed by atoms with E-state index in [2.05, 4.69) is 10.5 Å². The van der Waals surface area contributed by atoms with Crippen LogP contribution in [0, 0.1) is 5.82 Å². The normalized spacial score (nSPS) is 15.0. The van der Waals surface area contributed by atoms with E-state index in [0.29, 0.717) is 24.3 Å². The van der Waals surface area contributed by atoms with Crippen molar-refractivity contribution in [1.29, 1.82) is 0 Å². The molecule has 0 atom stereocenters. The molecule has 10 heteroatoms. The van der Waals surface area contributed by atoms with E-state index in [4.69, 9.17) is 16.1 Å². The highest BCUT2D eigenvalue weighted by molar-refractivity contribution is 7.89. The summed E-state index contributed by atoms with van der Waals surface area (Å²) in [6.07, 6.45) is 2.59. The van der Waals surface area contributed by atoms with Gasteiger partial charge in [-0.15, -0.1) is 0 Å². The van der Waals surface area contributed by atoms with Crippen LogP contribution < -0.4 is 5.32 Å². The van der Waals surface area contributed by atoms with E-state index in [0.717, 1.165) is 19.3 Å². The third-order valence-electron chi connectivity index (χ3n) is 4.98. The molecule has 7 nitrogen and oxygen atoms in total. The molecule has 1 amide bonds. The first-order valence-corrected chi connectivity index (χ1v) is 11.5. The van der Waals surface area contributed by atoms with Gasteiger partial charge in [0.15, 0.2) is 0 Å². The number of halogens is 2. The van der Waals surface area contributed by atoms with Gasteiger partial charge in [-0.3, -0.25) is 4.79 Å². The van der Waals surface area contributed by atoms with Crippen LogP contribution in [0.2, 0.25) is 5.02 Å². The number of aromatic nitrogens is 1. The van der Waals surface area contributed by atoms with Crippen LogP contribution in [-0.2, 0) is 10.0 Å². The molecule has 0 spiro atoms. The average Bonchev–Trinajstić information content (AvgIpc) is 3.26. The minimum Gasteiger partial charge on any atom is -0.350 e. The first-order valence-electron chi connectivity index (χ1n) is 9.68. The van der Waals surface area contributed by atoms with Crippen LogP contribution in [-0.4, -0.2) is 36.9 Å². The van der Waals surface area contributed by atoms with Crippen molar-refractivity contribution in [3.8, 4) is 11.3 Å². The van der Waals surface area contributed by atoms with Gasteiger partial charge in [0.1, 0.15) is 16.4 Å². The van der Waals surface area contributed by atoms with Crippen molar-refractivity contribution >= 4 is 33.2 Å². The molecule has 0 radical (unpaired) electrons. The molecule has 1 aliphatic rings. The lowest BCUT2D eigenvalue weighted by atomic mass is 10.1. The first kappa shape index (κ1) is 21.5. The van der Waals surface area contributed by atoms with Gasteiger partial charge in [0, 0.05) is 30.4 Å². The minimum absolute atomic E-state index is 0.0631. The number of carbonyl (C=O) groups excluding carboxylic acids is 1. The van der Waals surface area contributed by atoms with Gasteiger partial charge in [0.25, 0.3) is 5.91 Å². The Bertz CT molecular complexity index is 1220. The zero-order valence-electron chi connectivity index (χ0n) is 16.3. The molecule has 1 aromatic heterocycles. The van der Waals surface area contributed by atoms with E-state index in [1.165, 1.54) is 46.8 Å². The molecule has 0 bridgehead atoms. The molecule has 3 aromatic rings. The maximum atomic E-state index is 13.4. The van der Waals surface area contributed by atoms with Crippen molar-refractivity contribution in [2.45, 2.75) is 24.2 Å². The molecule has 2 heterocycles. The topological polar surface area (TPSA) is 92.5 Å². The molecule has 0 saturated carbocycles. The van der Waals surface area contributed by atoms with Gasteiger partial charge in [-0.2, -0.15) is 4.31 Å². The lowest BCUT2D eigenvalue weighted by Gasteiger charge is -2.26. The third-order valence-corrected chi connectivity index (χ3v) is 7.36. The van der Waals surface area contributed by atoms with Crippen LogP contribution in [0.1, 0.15) is 29.8 Å². The smallest absolute Gasteiger partial charge is 0.294 e. The second-order valence-corrected chi connectivity index (χ2v) is 9.46. The zero-order valence-corrected chi connectivity index (χ0v) is 17.9. The fraction of sp³-hybridized carbons (Fsp3) is 0.238. The highest BCUT2D eigenvalue weighted by Gasteiger charge is 2.28. The Kier molecular flexibility index (Phi) is 6.08. The van der Waals surface area contributed by atoms with Gasteiger partial charge < -0.3 is 9.84 Å². The number of benzene rings is 2. The molecule has 1 aliphatic heterocycles. The Balaban J connectivity index is 1.55. The SMILES string of the molecule is O=C(Nc1ccc(Cl)c(S(=O)(=O)N2CCCCC2)c1)c1cc(-c2cccc(F)c2)no1. The number of sulfonamides is 1. The summed E-state index contributed by atoms with van der Waals surface area (Å²) in [5.41, 5.74) is 1.01. The highest BCUT2D eigenvalue weighted by atomic mass is 35.5. The molecule has 4 rings (SSSR count). The first-order chi connectivity index (χ1) is 14.8. The number of anilines is 1. The van der Waals surface area contributed by atoms with Crippen molar-refractivity contribution in [2.75, 3.05) is 18.4 Å². The fourth-order valence-electron chi connectivity index (χ4n) is 3.38. The highest BCUT2D eigenvalue weighted by Crippen LogP contribution is 2.30. The van der Waals surface area contributed by atoms with Crippen molar-refractivity contribution in [3.63, 3.8) is 0 Å². The molecule has 1 saturated heterocycles. The van der Waals surface area contributed by atoms with E-state index in [-0.39, 0.29) is 21.4 Å².